The molecule has 2 aliphatic rings. The van der Waals surface area contributed by atoms with Gasteiger partial charge in [-0.3, -0.25) is 4.79 Å². The fraction of sp³-hybridized carbons (Fsp3) is 0.667. The van der Waals surface area contributed by atoms with E-state index in [9.17, 15) is 9.18 Å². The number of morpholine rings is 1. The first kappa shape index (κ1) is 15.1. The Kier molecular flexibility index (Phi) is 4.24. The number of rotatable bonds is 2. The number of carbonyl (C=O) groups excluding carboxylic acids is 1. The number of amides is 1. The van der Waals surface area contributed by atoms with Crippen LogP contribution in [0, 0.1) is 13.8 Å². The molecule has 6 nitrogen and oxygen atoms in total. The average Bonchev–Trinajstić information content (AvgIpc) is 2.88. The number of carbonyl (C=O) groups is 1. The van der Waals surface area contributed by atoms with Crippen LogP contribution in [0.25, 0.3) is 0 Å². The zero-order valence-corrected chi connectivity index (χ0v) is 13.0. The molecule has 120 valence electrons. The average molecular weight is 308 g/mol. The summed E-state index contributed by atoms with van der Waals surface area (Å²) in [4.78, 5) is 24.9. The van der Waals surface area contributed by atoms with Gasteiger partial charge in [0.2, 0.25) is 11.9 Å². The lowest BCUT2D eigenvalue weighted by atomic mass is 10.1. The molecular weight excluding hydrogens is 287 g/mol. The van der Waals surface area contributed by atoms with Gasteiger partial charge >= 0.3 is 0 Å². The molecule has 0 saturated carbocycles. The number of ether oxygens (including phenoxy) is 1. The molecule has 1 aromatic rings. The minimum absolute atomic E-state index is 0.0498. The summed E-state index contributed by atoms with van der Waals surface area (Å²) in [6.07, 6.45) is -0.827. The van der Waals surface area contributed by atoms with Crippen LogP contribution in [0.15, 0.2) is 6.07 Å². The predicted octanol–water partition coefficient (Wildman–Crippen LogP) is 0.869. The quantitative estimate of drug-likeness (QED) is 0.811. The molecule has 2 aliphatic heterocycles. The molecule has 1 aromatic heterocycles. The van der Waals surface area contributed by atoms with E-state index >= 15 is 0 Å². The van der Waals surface area contributed by atoms with Crippen molar-refractivity contribution in [2.24, 2.45) is 0 Å². The maximum Gasteiger partial charge on any atom is 0.245 e. The third-order valence-corrected chi connectivity index (χ3v) is 4.09. The summed E-state index contributed by atoms with van der Waals surface area (Å²) in [6.45, 7) is 6.13. The van der Waals surface area contributed by atoms with Crippen LogP contribution >= 0.6 is 0 Å². The van der Waals surface area contributed by atoms with Gasteiger partial charge in [-0.25, -0.2) is 14.4 Å². The van der Waals surface area contributed by atoms with E-state index in [2.05, 4.69) is 9.97 Å². The van der Waals surface area contributed by atoms with Crippen molar-refractivity contribution in [3.8, 4) is 0 Å². The van der Waals surface area contributed by atoms with Crippen LogP contribution in [0.5, 0.6) is 0 Å². The zero-order valence-electron chi connectivity index (χ0n) is 13.0. The monoisotopic (exact) mass is 308 g/mol. The van der Waals surface area contributed by atoms with Gasteiger partial charge in [0.25, 0.3) is 0 Å². The molecule has 0 radical (unpaired) electrons. The number of hydrogen-bond acceptors (Lipinski definition) is 5. The Hall–Kier alpha value is -1.76. The number of anilines is 1. The first-order chi connectivity index (χ1) is 10.5. The van der Waals surface area contributed by atoms with Crippen molar-refractivity contribution >= 4 is 11.9 Å². The predicted molar refractivity (Wildman–Crippen MR) is 79.6 cm³/mol. The maximum atomic E-state index is 13.9. The van der Waals surface area contributed by atoms with Crippen molar-refractivity contribution in [2.75, 3.05) is 37.7 Å². The highest BCUT2D eigenvalue weighted by molar-refractivity contribution is 5.85. The fourth-order valence-electron chi connectivity index (χ4n) is 3.07. The Morgan fingerprint density at radius 3 is 2.55 bits per heavy atom. The van der Waals surface area contributed by atoms with Gasteiger partial charge in [0, 0.05) is 30.9 Å². The van der Waals surface area contributed by atoms with Crippen LogP contribution < -0.4 is 4.90 Å². The van der Waals surface area contributed by atoms with Crippen LogP contribution in [0.1, 0.15) is 17.8 Å². The van der Waals surface area contributed by atoms with E-state index in [1.54, 1.807) is 9.80 Å². The molecule has 2 saturated heterocycles. The van der Waals surface area contributed by atoms with Crippen LogP contribution in [0.3, 0.4) is 0 Å². The van der Waals surface area contributed by atoms with E-state index in [1.165, 1.54) is 0 Å². The van der Waals surface area contributed by atoms with Crippen molar-refractivity contribution < 1.29 is 13.9 Å². The van der Waals surface area contributed by atoms with Crippen LogP contribution in [0.2, 0.25) is 0 Å². The third-order valence-electron chi connectivity index (χ3n) is 4.09. The topological polar surface area (TPSA) is 58.6 Å². The summed E-state index contributed by atoms with van der Waals surface area (Å²) in [6, 6.07) is 1.35. The molecule has 3 rings (SSSR count). The van der Waals surface area contributed by atoms with Gasteiger partial charge in [-0.1, -0.05) is 0 Å². The molecule has 0 spiro atoms. The van der Waals surface area contributed by atoms with Crippen molar-refractivity contribution in [1.29, 1.82) is 0 Å². The summed E-state index contributed by atoms with van der Waals surface area (Å²) in [5, 5.41) is 0. The van der Waals surface area contributed by atoms with E-state index in [1.807, 2.05) is 19.9 Å². The molecular formula is C15H21FN4O2. The minimum Gasteiger partial charge on any atom is -0.378 e. The highest BCUT2D eigenvalue weighted by Gasteiger charge is 2.40. The SMILES string of the molecule is Cc1cc(C)nc(N2C[C@H](F)C[C@H]2C(=O)N2CCOCC2)n1. The van der Waals surface area contributed by atoms with Crippen molar-refractivity contribution in [1.82, 2.24) is 14.9 Å². The van der Waals surface area contributed by atoms with Gasteiger partial charge in [-0.15, -0.1) is 0 Å². The summed E-state index contributed by atoms with van der Waals surface area (Å²) in [5.41, 5.74) is 1.64. The minimum atomic E-state index is -1.03. The standard InChI is InChI=1S/C15H21FN4O2/c1-10-7-11(2)18-15(17-10)20-9-12(16)8-13(20)14(21)19-3-5-22-6-4-19/h7,12-13H,3-6,8-9H2,1-2H3/t12-,13+/m1/s1. The smallest absolute Gasteiger partial charge is 0.245 e. The van der Waals surface area contributed by atoms with Gasteiger partial charge in [0.1, 0.15) is 12.2 Å². The Bertz CT molecular complexity index is 542. The molecule has 0 unspecified atom stereocenters. The largest absolute Gasteiger partial charge is 0.378 e. The van der Waals surface area contributed by atoms with Gasteiger partial charge < -0.3 is 14.5 Å². The van der Waals surface area contributed by atoms with Crippen molar-refractivity contribution in [3.05, 3.63) is 17.5 Å². The summed E-state index contributed by atoms with van der Waals surface area (Å²) in [5.74, 6) is 0.399. The van der Waals surface area contributed by atoms with E-state index in [0.717, 1.165) is 11.4 Å². The maximum absolute atomic E-state index is 13.9. The molecule has 22 heavy (non-hydrogen) atoms. The second-order valence-electron chi connectivity index (χ2n) is 5.89. The molecule has 0 N–H and O–H groups in total. The molecule has 3 heterocycles. The highest BCUT2D eigenvalue weighted by atomic mass is 19.1. The molecule has 2 atom stereocenters. The van der Waals surface area contributed by atoms with Crippen LogP contribution in [-0.4, -0.2) is 65.8 Å². The number of nitrogens with zero attached hydrogens (tertiary/aromatic N) is 4. The van der Waals surface area contributed by atoms with E-state index < -0.39 is 12.2 Å². The van der Waals surface area contributed by atoms with Crippen LogP contribution in [-0.2, 0) is 9.53 Å². The molecule has 7 heteroatoms. The Labute approximate surface area is 129 Å². The van der Waals surface area contributed by atoms with Crippen molar-refractivity contribution in [3.63, 3.8) is 0 Å². The van der Waals surface area contributed by atoms with Gasteiger partial charge in [0.05, 0.1) is 19.8 Å². The fourth-order valence-corrected chi connectivity index (χ4v) is 3.07. The van der Waals surface area contributed by atoms with Crippen molar-refractivity contribution in [2.45, 2.75) is 32.5 Å². The van der Waals surface area contributed by atoms with E-state index in [4.69, 9.17) is 4.74 Å². The normalized spacial score (nSPS) is 25.6. The number of hydrogen-bond donors (Lipinski definition) is 0. The number of aryl methyl sites for hydroxylation is 2. The third kappa shape index (κ3) is 3.04. The number of aromatic nitrogens is 2. The Morgan fingerprint density at radius 2 is 1.91 bits per heavy atom. The lowest BCUT2D eigenvalue weighted by Crippen LogP contribution is -2.50. The lowest BCUT2D eigenvalue weighted by Gasteiger charge is -2.32. The highest BCUT2D eigenvalue weighted by Crippen LogP contribution is 2.26. The zero-order chi connectivity index (χ0) is 15.7. The first-order valence-electron chi connectivity index (χ1n) is 7.64. The van der Waals surface area contributed by atoms with Crippen LogP contribution in [0.4, 0.5) is 10.3 Å². The Balaban J connectivity index is 1.83. The second kappa shape index (κ2) is 6.16. The Morgan fingerprint density at radius 1 is 1.27 bits per heavy atom. The summed E-state index contributed by atoms with van der Waals surface area (Å²) < 4.78 is 19.2. The molecule has 2 fully saturated rings. The van der Waals surface area contributed by atoms with E-state index in [0.29, 0.717) is 32.3 Å². The molecule has 1 amide bonds. The molecule has 0 aliphatic carbocycles. The molecule has 0 aromatic carbocycles. The lowest BCUT2D eigenvalue weighted by molar-refractivity contribution is -0.136. The van der Waals surface area contributed by atoms with Gasteiger partial charge in [-0.05, 0) is 19.9 Å². The number of halogens is 1. The summed E-state index contributed by atoms with van der Waals surface area (Å²) >= 11 is 0. The first-order valence-corrected chi connectivity index (χ1v) is 7.64. The summed E-state index contributed by atoms with van der Waals surface area (Å²) in [7, 11) is 0. The van der Waals surface area contributed by atoms with E-state index in [-0.39, 0.29) is 18.9 Å². The van der Waals surface area contributed by atoms with Gasteiger partial charge in [-0.2, -0.15) is 0 Å². The molecule has 0 bridgehead atoms. The number of alkyl halides is 1. The van der Waals surface area contributed by atoms with Gasteiger partial charge in [0.15, 0.2) is 0 Å². The second-order valence-corrected chi connectivity index (χ2v) is 5.89.